The second-order valence-corrected chi connectivity index (χ2v) is 21.3. The fraction of sp³-hybridized carbons (Fsp3) is 0.686. The molecular weight excluding hydrogens is 977 g/mol. The Morgan fingerprint density at radius 1 is 0.514 bits per heavy atom. The Hall–Kier alpha value is -5.81. The minimum atomic E-state index is -1.54. The highest BCUT2D eigenvalue weighted by atomic mass is 32.2. The molecule has 1 rings (SSSR count). The molecule has 0 aliphatic carbocycles. The minimum absolute atomic E-state index is 0.0692. The molecule has 0 aliphatic heterocycles. The first kappa shape index (κ1) is 66.2. The van der Waals surface area contributed by atoms with Gasteiger partial charge in [0.05, 0.1) is 12.6 Å². The molecule has 74 heavy (non-hydrogen) atoms. The van der Waals surface area contributed by atoms with Crippen molar-refractivity contribution in [2.45, 2.75) is 174 Å². The van der Waals surface area contributed by atoms with Crippen molar-refractivity contribution in [2.75, 3.05) is 25.1 Å². The molecule has 23 heteroatoms. The van der Waals surface area contributed by atoms with Crippen molar-refractivity contribution in [1.82, 2.24) is 42.5 Å². The predicted octanol–water partition coefficient (Wildman–Crippen LogP) is 1.08. The Kier molecular flexibility index (Phi) is 31.7. The summed E-state index contributed by atoms with van der Waals surface area (Å²) in [5.74, 6) is -8.25. The normalized spacial score (nSPS) is 14.6. The van der Waals surface area contributed by atoms with Crippen molar-refractivity contribution < 1.29 is 58.2 Å². The molecule has 0 aliphatic rings. The number of hydrogen-bond acceptors (Lipinski definition) is 13. The van der Waals surface area contributed by atoms with E-state index in [4.69, 9.17) is 11.5 Å². The lowest BCUT2D eigenvalue weighted by Crippen LogP contribution is -2.59. The number of nitrogens with one attached hydrogen (secondary N) is 8. The van der Waals surface area contributed by atoms with Crippen molar-refractivity contribution >= 4 is 71.0 Å². The third-order valence-corrected chi connectivity index (χ3v) is 12.2. The monoisotopic (exact) mass is 1060 g/mol. The molecular formula is C51H86N10O12S. The summed E-state index contributed by atoms with van der Waals surface area (Å²) in [4.78, 5) is 133. The predicted molar refractivity (Wildman–Crippen MR) is 283 cm³/mol. The number of carboxylic acid groups (broad SMARTS) is 2. The molecule has 8 atom stereocenters. The first-order valence-corrected chi connectivity index (χ1v) is 27.0. The van der Waals surface area contributed by atoms with Gasteiger partial charge in [-0.1, -0.05) is 85.7 Å². The number of aliphatic carboxylic acids is 2. The summed E-state index contributed by atoms with van der Waals surface area (Å²) >= 11 is 1.46. The number of benzene rings is 1. The van der Waals surface area contributed by atoms with E-state index in [0.717, 1.165) is 0 Å². The molecule has 0 bridgehead atoms. The molecule has 1 aromatic rings. The molecule has 0 radical (unpaired) electrons. The fourth-order valence-corrected chi connectivity index (χ4v) is 8.22. The van der Waals surface area contributed by atoms with Crippen molar-refractivity contribution in [1.29, 1.82) is 0 Å². The van der Waals surface area contributed by atoms with E-state index in [1.54, 1.807) is 58.0 Å². The summed E-state index contributed by atoms with van der Waals surface area (Å²) in [7, 11) is 0. The van der Waals surface area contributed by atoms with Gasteiger partial charge in [-0.3, -0.25) is 43.2 Å². The molecule has 0 spiro atoms. The van der Waals surface area contributed by atoms with E-state index in [9.17, 15) is 58.2 Å². The van der Waals surface area contributed by atoms with Gasteiger partial charge in [-0.25, -0.2) is 4.79 Å². The molecule has 418 valence electrons. The molecule has 14 N–H and O–H groups in total. The average molecular weight is 1060 g/mol. The second-order valence-electron chi connectivity index (χ2n) is 20.4. The van der Waals surface area contributed by atoms with Crippen LogP contribution in [0.2, 0.25) is 0 Å². The van der Waals surface area contributed by atoms with Crippen LogP contribution in [0, 0.1) is 23.7 Å². The van der Waals surface area contributed by atoms with Gasteiger partial charge in [-0.05, 0) is 106 Å². The van der Waals surface area contributed by atoms with Gasteiger partial charge in [0.15, 0.2) is 0 Å². The quantitative estimate of drug-likeness (QED) is 0.0415. The standard InChI is InChI=1S/C51H86N10O12S/c1-29(2)23-34(53)44(65)56-37(20-22-74-9)48(69)58-38(24-30(3)4)45(66)54-28-42(62)55-36(18-19-43(63)64)47(68)60-40(27-33-15-11-10-12-16-33)50(71)59-39(25-31(5)6)49(70)57-35(17-13-14-21-52)46(67)61-41(51(72)73)26-32(7)8/h10-12,15-16,29-32,34-41H,13-14,17-28,52-53H2,1-9H3,(H,54,66)(H,55,62)(H,56,65)(H,57,70)(H,58,69)(H,59,71)(H,60,68)(H,61,67)(H,63,64)(H,72,73). The van der Waals surface area contributed by atoms with Gasteiger partial charge in [0.2, 0.25) is 47.3 Å². The number of carbonyl (C=O) groups excluding carboxylic acids is 8. The van der Waals surface area contributed by atoms with Crippen molar-refractivity contribution in [3.63, 3.8) is 0 Å². The lowest BCUT2D eigenvalue weighted by atomic mass is 9.99. The smallest absolute Gasteiger partial charge is 0.326 e. The number of carboxylic acids is 2. The zero-order chi connectivity index (χ0) is 56.1. The number of unbranched alkanes of at least 4 members (excludes halogenated alkanes) is 1. The van der Waals surface area contributed by atoms with Gasteiger partial charge in [0.25, 0.3) is 0 Å². The Bertz CT molecular complexity index is 1980. The summed E-state index contributed by atoms with van der Waals surface area (Å²) in [5, 5.41) is 40.2. The Balaban J connectivity index is 3.41. The van der Waals surface area contributed by atoms with E-state index in [1.807, 2.05) is 34.0 Å². The lowest BCUT2D eigenvalue weighted by molar-refractivity contribution is -0.143. The second kappa shape index (κ2) is 35.4. The van der Waals surface area contributed by atoms with Crippen LogP contribution in [0.5, 0.6) is 0 Å². The SMILES string of the molecule is CSCCC(NC(=O)C(N)CC(C)C)C(=O)NC(CC(C)C)C(=O)NCC(=O)NC(CCC(=O)O)C(=O)NC(Cc1ccccc1)C(=O)NC(CC(C)C)C(=O)NC(CCCCN)C(=O)NC(CC(C)C)C(=O)O. The van der Waals surface area contributed by atoms with Gasteiger partial charge in [-0.15, -0.1) is 0 Å². The third-order valence-electron chi connectivity index (χ3n) is 11.5. The number of rotatable bonds is 37. The van der Waals surface area contributed by atoms with Gasteiger partial charge in [-0.2, -0.15) is 11.8 Å². The zero-order valence-corrected chi connectivity index (χ0v) is 45.6. The highest BCUT2D eigenvalue weighted by Gasteiger charge is 2.34. The highest BCUT2D eigenvalue weighted by Crippen LogP contribution is 2.13. The molecule has 0 saturated heterocycles. The molecule has 8 unspecified atom stereocenters. The van der Waals surface area contributed by atoms with E-state index < -0.39 is 127 Å². The minimum Gasteiger partial charge on any atom is -0.481 e. The maximum atomic E-state index is 14.3. The van der Waals surface area contributed by atoms with Crippen LogP contribution in [-0.2, 0) is 54.4 Å². The van der Waals surface area contributed by atoms with Gasteiger partial charge < -0.3 is 64.2 Å². The average Bonchev–Trinajstić information content (AvgIpc) is 3.31. The van der Waals surface area contributed by atoms with Crippen LogP contribution in [0.15, 0.2) is 30.3 Å². The van der Waals surface area contributed by atoms with Crippen LogP contribution in [0.4, 0.5) is 0 Å². The molecule has 8 amide bonds. The van der Waals surface area contributed by atoms with Crippen LogP contribution in [0.25, 0.3) is 0 Å². The molecule has 0 heterocycles. The van der Waals surface area contributed by atoms with Crippen molar-refractivity contribution in [3.8, 4) is 0 Å². The summed E-state index contributed by atoms with van der Waals surface area (Å²) in [6.07, 6.45) is 2.79. The summed E-state index contributed by atoms with van der Waals surface area (Å²) in [6.45, 7) is 14.3. The Morgan fingerprint density at radius 2 is 0.946 bits per heavy atom. The number of thioether (sulfide) groups is 1. The van der Waals surface area contributed by atoms with Gasteiger partial charge in [0.1, 0.15) is 42.3 Å². The maximum absolute atomic E-state index is 14.3. The molecule has 1 aromatic carbocycles. The van der Waals surface area contributed by atoms with Crippen molar-refractivity contribution in [3.05, 3.63) is 35.9 Å². The first-order chi connectivity index (χ1) is 34.8. The van der Waals surface area contributed by atoms with E-state index in [-0.39, 0.29) is 62.2 Å². The van der Waals surface area contributed by atoms with E-state index in [2.05, 4.69) is 42.5 Å². The van der Waals surface area contributed by atoms with Gasteiger partial charge in [0, 0.05) is 12.8 Å². The summed E-state index contributed by atoms with van der Waals surface area (Å²) in [6, 6.07) is -1.03. The summed E-state index contributed by atoms with van der Waals surface area (Å²) < 4.78 is 0. The van der Waals surface area contributed by atoms with Gasteiger partial charge >= 0.3 is 11.9 Å². The van der Waals surface area contributed by atoms with Crippen LogP contribution in [0.1, 0.15) is 125 Å². The van der Waals surface area contributed by atoms with Crippen LogP contribution >= 0.6 is 11.8 Å². The maximum Gasteiger partial charge on any atom is 0.326 e. The third kappa shape index (κ3) is 27.5. The van der Waals surface area contributed by atoms with E-state index >= 15 is 0 Å². The van der Waals surface area contributed by atoms with Crippen LogP contribution in [0.3, 0.4) is 0 Å². The molecule has 22 nitrogen and oxygen atoms in total. The summed E-state index contributed by atoms with van der Waals surface area (Å²) in [5.41, 5.74) is 12.4. The number of hydrogen-bond donors (Lipinski definition) is 12. The zero-order valence-electron chi connectivity index (χ0n) is 44.8. The number of carbonyl (C=O) groups is 10. The van der Waals surface area contributed by atoms with Crippen LogP contribution in [-0.4, -0.2) is 143 Å². The van der Waals surface area contributed by atoms with Crippen LogP contribution < -0.4 is 54.0 Å². The first-order valence-electron chi connectivity index (χ1n) is 25.6. The highest BCUT2D eigenvalue weighted by molar-refractivity contribution is 7.98. The lowest BCUT2D eigenvalue weighted by Gasteiger charge is -2.28. The number of amides is 8. The molecule has 0 aromatic heterocycles. The Labute approximate surface area is 440 Å². The van der Waals surface area contributed by atoms with E-state index in [1.165, 1.54) is 11.8 Å². The molecule has 0 fully saturated rings. The number of nitrogens with two attached hydrogens (primary N) is 2. The molecule has 0 saturated carbocycles. The van der Waals surface area contributed by atoms with Crippen molar-refractivity contribution in [2.24, 2.45) is 35.1 Å². The largest absolute Gasteiger partial charge is 0.481 e. The fourth-order valence-electron chi connectivity index (χ4n) is 7.75. The topological polar surface area (TPSA) is 359 Å². The Morgan fingerprint density at radius 3 is 1.45 bits per heavy atom. The van der Waals surface area contributed by atoms with E-state index in [0.29, 0.717) is 37.1 Å².